The summed E-state index contributed by atoms with van der Waals surface area (Å²) < 4.78 is 11.2. The van der Waals surface area contributed by atoms with Gasteiger partial charge in [0.1, 0.15) is 5.52 Å². The van der Waals surface area contributed by atoms with Gasteiger partial charge in [-0.3, -0.25) is 0 Å². The van der Waals surface area contributed by atoms with Crippen LogP contribution < -0.4 is 5.32 Å². The molecule has 24 heavy (non-hydrogen) atoms. The Balaban J connectivity index is 1.38. The van der Waals surface area contributed by atoms with Crippen molar-refractivity contribution >= 4 is 17.1 Å². The molecule has 6 heteroatoms. The van der Waals surface area contributed by atoms with E-state index in [2.05, 4.69) is 10.3 Å². The van der Waals surface area contributed by atoms with Gasteiger partial charge in [-0.1, -0.05) is 12.1 Å². The minimum atomic E-state index is 0.0164. The fourth-order valence-electron chi connectivity index (χ4n) is 3.52. The van der Waals surface area contributed by atoms with Crippen LogP contribution in [0, 0.1) is 5.92 Å². The monoisotopic (exact) mass is 329 g/mol. The number of aromatic nitrogens is 1. The fourth-order valence-corrected chi connectivity index (χ4v) is 3.52. The molecule has 2 saturated heterocycles. The molecule has 2 aliphatic rings. The average molecular weight is 329 g/mol. The van der Waals surface area contributed by atoms with E-state index >= 15 is 0 Å². The number of rotatable bonds is 3. The number of nitrogens with zero attached hydrogens (tertiary/aromatic N) is 2. The van der Waals surface area contributed by atoms with Crippen LogP contribution in [0.4, 0.5) is 4.79 Å². The summed E-state index contributed by atoms with van der Waals surface area (Å²) in [5, 5.41) is 3.05. The second-order valence-corrected chi connectivity index (χ2v) is 6.72. The number of benzene rings is 1. The molecule has 2 aliphatic heterocycles. The van der Waals surface area contributed by atoms with Crippen molar-refractivity contribution in [2.45, 2.75) is 25.2 Å². The summed E-state index contributed by atoms with van der Waals surface area (Å²) in [6.07, 6.45) is 3.02. The lowest BCUT2D eigenvalue weighted by Crippen LogP contribution is -2.46. The molecule has 2 aromatic rings. The third-order valence-electron chi connectivity index (χ3n) is 4.93. The number of para-hydroxylation sites is 2. The largest absolute Gasteiger partial charge is 0.440 e. The molecular formula is C18H23N3O3. The minimum Gasteiger partial charge on any atom is -0.440 e. The van der Waals surface area contributed by atoms with Gasteiger partial charge in [-0.25, -0.2) is 9.78 Å². The molecule has 0 aliphatic carbocycles. The molecule has 0 spiro atoms. The van der Waals surface area contributed by atoms with Crippen molar-refractivity contribution in [1.29, 1.82) is 0 Å². The number of fused-ring (bicyclic) bond motifs is 1. The summed E-state index contributed by atoms with van der Waals surface area (Å²) in [5.74, 6) is 1.37. The molecule has 1 aromatic carbocycles. The van der Waals surface area contributed by atoms with Gasteiger partial charge in [-0.05, 0) is 31.4 Å². The van der Waals surface area contributed by atoms with Crippen LogP contribution in [0.3, 0.4) is 0 Å². The van der Waals surface area contributed by atoms with Crippen LogP contribution in [0.25, 0.3) is 11.1 Å². The van der Waals surface area contributed by atoms with Crippen molar-refractivity contribution in [3.8, 4) is 0 Å². The third-order valence-corrected chi connectivity index (χ3v) is 4.93. The molecule has 0 saturated carbocycles. The molecule has 6 nitrogen and oxygen atoms in total. The Labute approximate surface area is 141 Å². The zero-order valence-electron chi connectivity index (χ0n) is 13.7. The predicted octanol–water partition coefficient (Wildman–Crippen LogP) is 2.75. The lowest BCUT2D eigenvalue weighted by molar-refractivity contribution is 0.169. The Morgan fingerprint density at radius 1 is 1.33 bits per heavy atom. The summed E-state index contributed by atoms with van der Waals surface area (Å²) >= 11 is 0. The van der Waals surface area contributed by atoms with Crippen molar-refractivity contribution in [3.63, 3.8) is 0 Å². The molecule has 128 valence electrons. The number of hydrogen-bond acceptors (Lipinski definition) is 4. The number of likely N-dealkylation sites (tertiary alicyclic amines) is 1. The predicted molar refractivity (Wildman–Crippen MR) is 89.9 cm³/mol. The molecular weight excluding hydrogens is 306 g/mol. The number of urea groups is 1. The molecule has 2 unspecified atom stereocenters. The van der Waals surface area contributed by atoms with E-state index in [9.17, 15) is 4.79 Å². The number of oxazole rings is 1. The van der Waals surface area contributed by atoms with E-state index < -0.39 is 0 Å². The van der Waals surface area contributed by atoms with E-state index in [0.29, 0.717) is 19.0 Å². The van der Waals surface area contributed by atoms with Crippen molar-refractivity contribution in [2.24, 2.45) is 5.92 Å². The van der Waals surface area contributed by atoms with Crippen LogP contribution in [0.2, 0.25) is 0 Å². The zero-order valence-corrected chi connectivity index (χ0v) is 13.7. The maximum Gasteiger partial charge on any atom is 0.317 e. The Kier molecular flexibility index (Phi) is 4.38. The maximum absolute atomic E-state index is 12.4. The van der Waals surface area contributed by atoms with E-state index in [1.807, 2.05) is 29.2 Å². The SMILES string of the molecule is O=C(NCC1CCOC1)N1CCCC(c2nc3ccccc3o2)C1. The third kappa shape index (κ3) is 3.24. The highest BCUT2D eigenvalue weighted by Crippen LogP contribution is 2.29. The lowest BCUT2D eigenvalue weighted by atomic mass is 9.98. The standard InChI is InChI=1S/C18H23N3O3/c22-18(19-10-13-7-9-23-12-13)21-8-3-4-14(11-21)17-20-15-5-1-2-6-16(15)24-17/h1-2,5-6,13-14H,3-4,7-12H2,(H,19,22). The van der Waals surface area contributed by atoms with Crippen LogP contribution in [-0.4, -0.2) is 48.8 Å². The van der Waals surface area contributed by atoms with Crippen molar-refractivity contribution < 1.29 is 13.9 Å². The first-order valence-electron chi connectivity index (χ1n) is 8.75. The van der Waals surface area contributed by atoms with Gasteiger partial charge in [-0.2, -0.15) is 0 Å². The molecule has 1 aromatic heterocycles. The number of nitrogens with one attached hydrogen (secondary N) is 1. The molecule has 0 bridgehead atoms. The van der Waals surface area contributed by atoms with Crippen LogP contribution >= 0.6 is 0 Å². The first-order valence-corrected chi connectivity index (χ1v) is 8.75. The first kappa shape index (κ1) is 15.4. The highest BCUT2D eigenvalue weighted by molar-refractivity contribution is 5.74. The van der Waals surface area contributed by atoms with E-state index in [4.69, 9.17) is 9.15 Å². The van der Waals surface area contributed by atoms with E-state index in [1.54, 1.807) is 0 Å². The number of amides is 2. The number of piperidine rings is 1. The highest BCUT2D eigenvalue weighted by Gasteiger charge is 2.28. The first-order chi connectivity index (χ1) is 11.8. The maximum atomic E-state index is 12.4. The summed E-state index contributed by atoms with van der Waals surface area (Å²) in [4.78, 5) is 18.9. The van der Waals surface area contributed by atoms with Gasteiger partial charge in [0.2, 0.25) is 0 Å². The van der Waals surface area contributed by atoms with Crippen LogP contribution in [0.5, 0.6) is 0 Å². The molecule has 2 atom stereocenters. The molecule has 0 radical (unpaired) electrons. The molecule has 2 fully saturated rings. The van der Waals surface area contributed by atoms with E-state index in [1.165, 1.54) is 0 Å². The van der Waals surface area contributed by atoms with Gasteiger partial charge in [0, 0.05) is 32.2 Å². The highest BCUT2D eigenvalue weighted by atomic mass is 16.5. The lowest BCUT2D eigenvalue weighted by Gasteiger charge is -2.31. The average Bonchev–Trinajstić information content (AvgIpc) is 3.29. The van der Waals surface area contributed by atoms with E-state index in [-0.39, 0.29) is 11.9 Å². The summed E-state index contributed by atoms with van der Waals surface area (Å²) in [5.41, 5.74) is 1.70. The van der Waals surface area contributed by atoms with Gasteiger partial charge in [0.15, 0.2) is 11.5 Å². The Morgan fingerprint density at radius 3 is 3.08 bits per heavy atom. The van der Waals surface area contributed by atoms with Crippen LogP contribution in [0.1, 0.15) is 31.1 Å². The second kappa shape index (κ2) is 6.81. The Morgan fingerprint density at radius 2 is 2.25 bits per heavy atom. The fraction of sp³-hybridized carbons (Fsp3) is 0.556. The molecule has 1 N–H and O–H groups in total. The molecule has 4 rings (SSSR count). The number of carbonyl (C=O) groups is 1. The topological polar surface area (TPSA) is 67.6 Å². The smallest absolute Gasteiger partial charge is 0.317 e. The number of ether oxygens (including phenoxy) is 1. The summed E-state index contributed by atoms with van der Waals surface area (Å²) in [6.45, 7) is 3.72. The summed E-state index contributed by atoms with van der Waals surface area (Å²) in [6, 6.07) is 7.82. The van der Waals surface area contributed by atoms with Gasteiger partial charge < -0.3 is 19.4 Å². The van der Waals surface area contributed by atoms with Gasteiger partial charge in [0.25, 0.3) is 0 Å². The Hall–Kier alpha value is -2.08. The molecule has 3 heterocycles. The van der Waals surface area contributed by atoms with Crippen molar-refractivity contribution in [3.05, 3.63) is 30.2 Å². The zero-order chi connectivity index (χ0) is 16.4. The van der Waals surface area contributed by atoms with Crippen LogP contribution in [0.15, 0.2) is 28.7 Å². The van der Waals surface area contributed by atoms with Crippen LogP contribution in [-0.2, 0) is 4.74 Å². The quantitative estimate of drug-likeness (QED) is 0.940. The minimum absolute atomic E-state index is 0.0164. The molecule has 2 amide bonds. The van der Waals surface area contributed by atoms with Crippen molar-refractivity contribution in [1.82, 2.24) is 15.2 Å². The second-order valence-electron chi connectivity index (χ2n) is 6.72. The number of carbonyl (C=O) groups excluding carboxylic acids is 1. The van der Waals surface area contributed by atoms with Gasteiger partial charge in [0.05, 0.1) is 12.5 Å². The summed E-state index contributed by atoms with van der Waals surface area (Å²) in [7, 11) is 0. The van der Waals surface area contributed by atoms with Gasteiger partial charge >= 0.3 is 6.03 Å². The number of hydrogen-bond donors (Lipinski definition) is 1. The van der Waals surface area contributed by atoms with Gasteiger partial charge in [-0.15, -0.1) is 0 Å². The Bertz CT molecular complexity index is 675. The van der Waals surface area contributed by atoms with E-state index in [0.717, 1.165) is 56.0 Å². The normalized spacial score (nSPS) is 24.4. The van der Waals surface area contributed by atoms with Crippen molar-refractivity contribution in [2.75, 3.05) is 32.8 Å².